The molecule has 0 bridgehead atoms. The van der Waals surface area contributed by atoms with E-state index >= 15 is 0 Å². The molecular formula is C4H5NaO2S2. The van der Waals surface area contributed by atoms with Crippen LogP contribution >= 0.6 is 11.3 Å². The molecule has 1 atom stereocenters. The fourth-order valence-electron chi connectivity index (χ4n) is 0.351. The van der Waals surface area contributed by atoms with Crippen molar-refractivity contribution in [2.75, 3.05) is 0 Å². The van der Waals surface area contributed by atoms with E-state index in [1.807, 2.05) is 0 Å². The third kappa shape index (κ3) is 2.93. The van der Waals surface area contributed by atoms with Crippen LogP contribution in [-0.2, 0) is 11.1 Å². The Morgan fingerprint density at radius 2 is 2.44 bits per heavy atom. The molecule has 1 aromatic heterocycles. The van der Waals surface area contributed by atoms with E-state index in [0.717, 1.165) is 0 Å². The molecule has 1 unspecified atom stereocenters. The van der Waals surface area contributed by atoms with Crippen molar-refractivity contribution in [2.24, 2.45) is 0 Å². The van der Waals surface area contributed by atoms with E-state index in [2.05, 4.69) is 0 Å². The minimum atomic E-state index is -1.79. The van der Waals surface area contributed by atoms with Crippen LogP contribution in [0.5, 0.6) is 0 Å². The summed E-state index contributed by atoms with van der Waals surface area (Å²) in [4.78, 5) is 0.481. The summed E-state index contributed by atoms with van der Waals surface area (Å²) in [6.07, 6.45) is 0. The maximum Gasteiger partial charge on any atom is 1.00 e. The Kier molecular flexibility index (Phi) is 5.01. The van der Waals surface area contributed by atoms with Crippen LogP contribution in [0.1, 0.15) is 1.43 Å². The maximum absolute atomic E-state index is 10.2. The van der Waals surface area contributed by atoms with Crippen molar-refractivity contribution in [2.45, 2.75) is 4.90 Å². The van der Waals surface area contributed by atoms with E-state index in [-0.39, 0.29) is 31.0 Å². The van der Waals surface area contributed by atoms with Gasteiger partial charge in [0.2, 0.25) is 0 Å². The van der Waals surface area contributed by atoms with Crippen LogP contribution in [-0.4, -0.2) is 8.76 Å². The minimum Gasteiger partial charge on any atom is -1.00 e. The van der Waals surface area contributed by atoms with Gasteiger partial charge in [-0.05, 0) is 11.4 Å². The van der Waals surface area contributed by atoms with Gasteiger partial charge in [-0.25, -0.2) is 4.21 Å². The molecule has 0 amide bonds. The van der Waals surface area contributed by atoms with Crippen molar-refractivity contribution < 1.29 is 39.7 Å². The zero-order chi connectivity index (χ0) is 5.98. The first-order valence-corrected chi connectivity index (χ1v) is 3.98. The molecule has 0 aliphatic carbocycles. The SMILES string of the molecule is O=S(O)c1ccsc1.[H-].[Na+]. The molecule has 1 rings (SSSR count). The number of rotatable bonds is 1. The third-order valence-electron chi connectivity index (χ3n) is 0.697. The third-order valence-corrected chi connectivity index (χ3v) is 2.19. The monoisotopic (exact) mass is 172 g/mol. The molecule has 5 heteroatoms. The van der Waals surface area contributed by atoms with E-state index in [0.29, 0.717) is 4.90 Å². The molecule has 9 heavy (non-hydrogen) atoms. The Morgan fingerprint density at radius 3 is 2.67 bits per heavy atom. The van der Waals surface area contributed by atoms with Crippen LogP contribution in [0.3, 0.4) is 0 Å². The van der Waals surface area contributed by atoms with Crippen LogP contribution in [0.25, 0.3) is 0 Å². The van der Waals surface area contributed by atoms with Gasteiger partial charge in [-0.15, -0.1) is 0 Å². The van der Waals surface area contributed by atoms with Crippen molar-refractivity contribution in [3.05, 3.63) is 16.8 Å². The van der Waals surface area contributed by atoms with E-state index in [1.54, 1.807) is 16.8 Å². The number of hydrogen-bond acceptors (Lipinski definition) is 2. The quantitative estimate of drug-likeness (QED) is 0.411. The average molecular weight is 172 g/mol. The second-order valence-electron chi connectivity index (χ2n) is 1.21. The molecule has 1 aromatic rings. The van der Waals surface area contributed by atoms with Gasteiger partial charge >= 0.3 is 29.6 Å². The molecule has 0 aromatic carbocycles. The van der Waals surface area contributed by atoms with Gasteiger partial charge in [0, 0.05) is 5.38 Å². The van der Waals surface area contributed by atoms with E-state index < -0.39 is 11.1 Å². The van der Waals surface area contributed by atoms with Gasteiger partial charge in [-0.1, -0.05) is 0 Å². The van der Waals surface area contributed by atoms with Crippen molar-refractivity contribution in [3.8, 4) is 0 Å². The molecule has 0 aliphatic heterocycles. The molecule has 1 heterocycles. The fourth-order valence-corrected chi connectivity index (χ4v) is 1.63. The first-order valence-electron chi connectivity index (χ1n) is 1.94. The van der Waals surface area contributed by atoms with Gasteiger partial charge in [0.15, 0.2) is 11.1 Å². The Balaban J connectivity index is 0. The summed E-state index contributed by atoms with van der Waals surface area (Å²) in [5.41, 5.74) is 0. The van der Waals surface area contributed by atoms with Gasteiger partial charge < -0.3 is 5.98 Å². The summed E-state index contributed by atoms with van der Waals surface area (Å²) in [7, 11) is 0. The number of thiophene rings is 1. The maximum atomic E-state index is 10.2. The molecule has 0 fully saturated rings. The summed E-state index contributed by atoms with van der Waals surface area (Å²) in [5.74, 6) is 0. The van der Waals surface area contributed by atoms with Crippen molar-refractivity contribution in [3.63, 3.8) is 0 Å². The smallest absolute Gasteiger partial charge is 1.00 e. The van der Waals surface area contributed by atoms with E-state index in [9.17, 15) is 4.21 Å². The largest absolute Gasteiger partial charge is 1.00 e. The minimum absolute atomic E-state index is 0. The molecule has 0 spiro atoms. The van der Waals surface area contributed by atoms with Crippen molar-refractivity contribution in [1.29, 1.82) is 0 Å². The standard InChI is InChI=1S/C4H4O2S2.Na.H/c5-8(6)4-1-2-7-3-4;;/h1-3H,(H,5,6);;/q;+1;-1. The van der Waals surface area contributed by atoms with E-state index in [1.165, 1.54) is 11.3 Å². The second kappa shape index (κ2) is 4.60. The zero-order valence-corrected chi connectivity index (χ0v) is 8.54. The summed E-state index contributed by atoms with van der Waals surface area (Å²) in [6, 6.07) is 1.63. The van der Waals surface area contributed by atoms with E-state index in [4.69, 9.17) is 4.55 Å². The number of hydrogen-bond donors (Lipinski definition) is 1. The van der Waals surface area contributed by atoms with Crippen molar-refractivity contribution >= 4 is 22.4 Å². The molecule has 0 radical (unpaired) electrons. The molecule has 0 saturated heterocycles. The van der Waals surface area contributed by atoms with Crippen LogP contribution in [0.4, 0.5) is 0 Å². The van der Waals surface area contributed by atoms with Crippen LogP contribution < -0.4 is 29.6 Å². The summed E-state index contributed by atoms with van der Waals surface area (Å²) >= 11 is -0.373. The first-order chi connectivity index (χ1) is 3.80. The van der Waals surface area contributed by atoms with Crippen LogP contribution in [0, 0.1) is 0 Å². The Hall–Kier alpha value is 0.810. The fraction of sp³-hybridized carbons (Fsp3) is 0. The van der Waals surface area contributed by atoms with Gasteiger partial charge in [0.25, 0.3) is 0 Å². The van der Waals surface area contributed by atoms with Gasteiger partial charge in [-0.3, -0.25) is 0 Å². The molecule has 0 saturated carbocycles. The molecule has 1 N–H and O–H groups in total. The topological polar surface area (TPSA) is 37.3 Å². The first kappa shape index (κ1) is 9.81. The summed E-state index contributed by atoms with van der Waals surface area (Å²) in [5, 5.41) is 3.42. The predicted octanol–water partition coefficient (Wildman–Crippen LogP) is -1.55. The Bertz CT molecular complexity index is 189. The van der Waals surface area contributed by atoms with Crippen LogP contribution in [0.2, 0.25) is 0 Å². The van der Waals surface area contributed by atoms with Crippen molar-refractivity contribution in [1.82, 2.24) is 0 Å². The molecule has 2 nitrogen and oxygen atoms in total. The second-order valence-corrected chi connectivity index (χ2v) is 2.96. The normalized spacial score (nSPS) is 12.1. The van der Waals surface area contributed by atoms with Gasteiger partial charge in [0.05, 0.1) is 4.90 Å². The summed E-state index contributed by atoms with van der Waals surface area (Å²) in [6.45, 7) is 0. The van der Waals surface area contributed by atoms with Crippen LogP contribution in [0.15, 0.2) is 21.7 Å². The summed E-state index contributed by atoms with van der Waals surface area (Å²) < 4.78 is 18.6. The molecule has 46 valence electrons. The molecule has 0 aliphatic rings. The average Bonchev–Trinajstić information content (AvgIpc) is 2.12. The Labute approximate surface area is 83.3 Å². The van der Waals surface area contributed by atoms with Gasteiger partial charge in [0.1, 0.15) is 0 Å². The zero-order valence-electron chi connectivity index (χ0n) is 5.90. The molecular weight excluding hydrogens is 167 g/mol. The van der Waals surface area contributed by atoms with Gasteiger partial charge in [-0.2, -0.15) is 11.3 Å². The Morgan fingerprint density at radius 1 is 1.78 bits per heavy atom. The predicted molar refractivity (Wildman–Crippen MR) is 34.5 cm³/mol.